The second-order valence-electron chi connectivity index (χ2n) is 8.90. The quantitative estimate of drug-likeness (QED) is 0.212. The molecule has 10 heteroatoms. The molecule has 1 N–H and O–H groups in total. The summed E-state index contributed by atoms with van der Waals surface area (Å²) in [5.41, 5.74) is 1.87. The number of nitrogens with one attached hydrogen (secondary N) is 1. The highest BCUT2D eigenvalue weighted by molar-refractivity contribution is 5.98. The van der Waals surface area contributed by atoms with Crippen molar-refractivity contribution in [2.45, 2.75) is 13.3 Å². The van der Waals surface area contributed by atoms with Gasteiger partial charge in [-0.2, -0.15) is 0 Å². The van der Waals surface area contributed by atoms with E-state index in [1.165, 1.54) is 74.2 Å². The van der Waals surface area contributed by atoms with E-state index in [0.717, 1.165) is 6.07 Å². The molecule has 0 spiro atoms. The molecule has 3 aromatic heterocycles. The Bertz CT molecular complexity index is 1830. The number of ether oxygens (including phenoxy) is 2. The SMILES string of the molecule is COC(=O)c1cnc2c(Oc3ccc(CC(=O)c4c[nH]c(C)c(-c5ccc(F)cc5)c4=O)cc3F)ccnc2c1. The number of rotatable bonds is 7. The van der Waals surface area contributed by atoms with Gasteiger partial charge >= 0.3 is 5.97 Å². The van der Waals surface area contributed by atoms with Crippen LogP contribution >= 0.6 is 0 Å². The van der Waals surface area contributed by atoms with Crippen LogP contribution in [0.1, 0.15) is 32.0 Å². The highest BCUT2D eigenvalue weighted by Gasteiger charge is 2.19. The number of methoxy groups -OCH3 is 1. The van der Waals surface area contributed by atoms with Crippen molar-refractivity contribution in [3.05, 3.63) is 117 Å². The van der Waals surface area contributed by atoms with Crippen LogP contribution in [-0.4, -0.2) is 33.8 Å². The highest BCUT2D eigenvalue weighted by atomic mass is 19.1. The molecule has 2 aromatic carbocycles. The van der Waals surface area contributed by atoms with Gasteiger partial charge in [0.15, 0.2) is 28.5 Å². The fourth-order valence-corrected chi connectivity index (χ4v) is 4.25. The molecule has 0 bridgehead atoms. The van der Waals surface area contributed by atoms with Crippen LogP contribution in [0.5, 0.6) is 11.5 Å². The van der Waals surface area contributed by atoms with Gasteiger partial charge in [0.05, 0.1) is 23.8 Å². The summed E-state index contributed by atoms with van der Waals surface area (Å²) >= 11 is 0. The maximum atomic E-state index is 15.0. The Kier molecular flexibility index (Phi) is 7.15. The fourth-order valence-electron chi connectivity index (χ4n) is 4.25. The zero-order valence-corrected chi connectivity index (χ0v) is 21.3. The predicted octanol–water partition coefficient (Wildman–Crippen LogP) is 5.58. The minimum absolute atomic E-state index is 0.0914. The lowest BCUT2D eigenvalue weighted by molar-refractivity contribution is 0.0600. The number of aromatic amines is 1. The maximum Gasteiger partial charge on any atom is 0.339 e. The number of carbonyl (C=O) groups is 2. The van der Waals surface area contributed by atoms with Gasteiger partial charge in [-0.25, -0.2) is 18.6 Å². The van der Waals surface area contributed by atoms with Gasteiger partial charge in [-0.1, -0.05) is 18.2 Å². The van der Waals surface area contributed by atoms with Crippen molar-refractivity contribution in [1.29, 1.82) is 0 Å². The Morgan fingerprint density at radius 2 is 1.75 bits per heavy atom. The third-order valence-electron chi connectivity index (χ3n) is 6.26. The van der Waals surface area contributed by atoms with E-state index in [1.807, 2.05) is 0 Å². The molecule has 0 aliphatic carbocycles. The summed E-state index contributed by atoms with van der Waals surface area (Å²) < 4.78 is 38.8. The van der Waals surface area contributed by atoms with Crippen LogP contribution in [-0.2, 0) is 11.2 Å². The summed E-state index contributed by atoms with van der Waals surface area (Å²) in [6.07, 6.45) is 3.84. The highest BCUT2D eigenvalue weighted by Crippen LogP contribution is 2.30. The molecular formula is C30H21F2N3O5. The number of pyridine rings is 3. The van der Waals surface area contributed by atoms with E-state index in [0.29, 0.717) is 27.9 Å². The van der Waals surface area contributed by atoms with Gasteiger partial charge in [-0.05, 0) is 48.4 Å². The molecule has 200 valence electrons. The Hall–Kier alpha value is -5.25. The number of Topliss-reactive ketones (excluding diaryl/α,β-unsaturated/α-hetero) is 1. The second kappa shape index (κ2) is 10.9. The fraction of sp³-hybridized carbons (Fsp3) is 0.100. The number of halogens is 2. The topological polar surface area (TPSA) is 111 Å². The number of aryl methyl sites for hydroxylation is 1. The lowest BCUT2D eigenvalue weighted by Gasteiger charge is -2.11. The molecule has 0 radical (unpaired) electrons. The molecule has 0 saturated carbocycles. The van der Waals surface area contributed by atoms with E-state index in [9.17, 15) is 18.8 Å². The number of esters is 1. The number of ketones is 1. The predicted molar refractivity (Wildman–Crippen MR) is 143 cm³/mol. The maximum absolute atomic E-state index is 15.0. The van der Waals surface area contributed by atoms with Crippen LogP contribution in [0.25, 0.3) is 22.2 Å². The van der Waals surface area contributed by atoms with Crippen molar-refractivity contribution in [3.8, 4) is 22.6 Å². The number of hydrogen-bond acceptors (Lipinski definition) is 7. The summed E-state index contributed by atoms with van der Waals surface area (Å²) in [7, 11) is 1.25. The van der Waals surface area contributed by atoms with Crippen molar-refractivity contribution < 1.29 is 27.8 Å². The van der Waals surface area contributed by atoms with E-state index >= 15 is 4.39 Å². The van der Waals surface area contributed by atoms with Crippen molar-refractivity contribution >= 4 is 22.8 Å². The molecule has 0 aliphatic heterocycles. The minimum atomic E-state index is -0.730. The van der Waals surface area contributed by atoms with Gasteiger partial charge in [0.25, 0.3) is 0 Å². The Labute approximate surface area is 226 Å². The van der Waals surface area contributed by atoms with E-state index in [1.54, 1.807) is 6.92 Å². The van der Waals surface area contributed by atoms with Crippen molar-refractivity contribution in [2.75, 3.05) is 7.11 Å². The van der Waals surface area contributed by atoms with Crippen LogP contribution in [0, 0.1) is 18.6 Å². The van der Waals surface area contributed by atoms with Gasteiger partial charge in [0.1, 0.15) is 11.3 Å². The summed E-state index contributed by atoms with van der Waals surface area (Å²) in [5, 5.41) is 0. The second-order valence-corrected chi connectivity index (χ2v) is 8.90. The van der Waals surface area contributed by atoms with E-state index in [2.05, 4.69) is 15.0 Å². The molecule has 0 unspecified atom stereocenters. The number of aromatic nitrogens is 3. The average molecular weight is 542 g/mol. The van der Waals surface area contributed by atoms with Crippen LogP contribution < -0.4 is 10.2 Å². The number of nitrogens with zero attached hydrogens (tertiary/aromatic N) is 2. The Morgan fingerprint density at radius 1 is 0.975 bits per heavy atom. The van der Waals surface area contributed by atoms with Gasteiger partial charge in [-0.15, -0.1) is 0 Å². The summed E-state index contributed by atoms with van der Waals surface area (Å²) in [5.74, 6) is -2.16. The first-order chi connectivity index (χ1) is 19.2. The molecule has 40 heavy (non-hydrogen) atoms. The lowest BCUT2D eigenvalue weighted by atomic mass is 9.98. The Morgan fingerprint density at radius 3 is 2.48 bits per heavy atom. The largest absolute Gasteiger partial charge is 0.465 e. The van der Waals surface area contributed by atoms with Gasteiger partial charge in [0, 0.05) is 42.3 Å². The molecule has 0 atom stereocenters. The monoisotopic (exact) mass is 541 g/mol. The van der Waals surface area contributed by atoms with Crippen molar-refractivity contribution in [3.63, 3.8) is 0 Å². The zero-order chi connectivity index (χ0) is 28.4. The zero-order valence-electron chi connectivity index (χ0n) is 21.3. The molecule has 5 aromatic rings. The van der Waals surface area contributed by atoms with E-state index in [4.69, 9.17) is 9.47 Å². The van der Waals surface area contributed by atoms with E-state index in [-0.39, 0.29) is 34.6 Å². The number of H-pyrrole nitrogens is 1. The normalized spacial score (nSPS) is 10.9. The molecule has 0 amide bonds. The lowest BCUT2D eigenvalue weighted by Crippen LogP contribution is -2.20. The Balaban J connectivity index is 1.38. The molecular weight excluding hydrogens is 520 g/mol. The van der Waals surface area contributed by atoms with Gasteiger partial charge in [0.2, 0.25) is 0 Å². The van der Waals surface area contributed by atoms with Gasteiger partial charge < -0.3 is 14.5 Å². The number of hydrogen-bond donors (Lipinski definition) is 1. The smallest absolute Gasteiger partial charge is 0.339 e. The first-order valence-electron chi connectivity index (χ1n) is 12.1. The van der Waals surface area contributed by atoms with Crippen LogP contribution in [0.15, 0.2) is 78.0 Å². The molecule has 0 saturated heterocycles. The molecule has 3 heterocycles. The number of fused-ring (bicyclic) bond motifs is 1. The number of benzene rings is 2. The first-order valence-corrected chi connectivity index (χ1v) is 12.1. The third-order valence-corrected chi connectivity index (χ3v) is 6.26. The molecule has 8 nitrogen and oxygen atoms in total. The standard InChI is InChI=1S/C30H21F2N3O5/c1-16-27(18-4-6-20(31)7-5-18)29(37)21(15-34-16)24(36)12-17-3-8-25(22(32)11-17)40-26-9-10-33-23-13-19(30(38)39-2)14-35-28(23)26/h3-11,13-15H,12H2,1-2H3,(H,34,37). The number of carbonyl (C=O) groups excluding carboxylic acids is 2. The van der Waals surface area contributed by atoms with Crippen molar-refractivity contribution in [1.82, 2.24) is 15.0 Å². The molecule has 5 rings (SSSR count). The third kappa shape index (κ3) is 5.19. The van der Waals surface area contributed by atoms with Gasteiger partial charge in [-0.3, -0.25) is 14.6 Å². The summed E-state index contributed by atoms with van der Waals surface area (Å²) in [6.45, 7) is 1.68. The first kappa shape index (κ1) is 26.4. The summed E-state index contributed by atoms with van der Waals surface area (Å²) in [4.78, 5) is 49.3. The van der Waals surface area contributed by atoms with Crippen LogP contribution in [0.4, 0.5) is 8.78 Å². The van der Waals surface area contributed by atoms with Crippen LogP contribution in [0.2, 0.25) is 0 Å². The van der Waals surface area contributed by atoms with E-state index < -0.39 is 28.8 Å². The molecule has 0 aliphatic rings. The minimum Gasteiger partial charge on any atom is -0.465 e. The summed E-state index contributed by atoms with van der Waals surface area (Å²) in [6, 6.07) is 12.4. The van der Waals surface area contributed by atoms with Crippen molar-refractivity contribution in [2.24, 2.45) is 0 Å². The van der Waals surface area contributed by atoms with Crippen LogP contribution in [0.3, 0.4) is 0 Å². The molecule has 0 fully saturated rings. The average Bonchev–Trinajstić information content (AvgIpc) is 2.95.